The third-order valence-corrected chi connectivity index (χ3v) is 10.2. The third-order valence-electron chi connectivity index (χ3n) is 10.2. The summed E-state index contributed by atoms with van der Waals surface area (Å²) in [7, 11) is 0. The Balaban J connectivity index is 4.56. The van der Waals surface area contributed by atoms with Gasteiger partial charge in [-0.25, -0.2) is 0 Å². The highest BCUT2D eigenvalue weighted by molar-refractivity contribution is 5.71. The largest absolute Gasteiger partial charge is 0.462 e. The minimum absolute atomic E-state index is 0.121. The van der Waals surface area contributed by atoms with Crippen molar-refractivity contribution in [1.29, 1.82) is 0 Å². The quantitative estimate of drug-likeness (QED) is 0.0263. The van der Waals surface area contributed by atoms with Crippen molar-refractivity contribution in [3.8, 4) is 0 Å². The molecule has 0 aromatic heterocycles. The number of esters is 3. The van der Waals surface area contributed by atoms with Crippen molar-refractivity contribution >= 4 is 17.9 Å². The molecule has 0 heterocycles. The Morgan fingerprint density at radius 3 is 1.11 bits per heavy atom. The lowest BCUT2D eigenvalue weighted by atomic mass is 10.1. The van der Waals surface area contributed by atoms with E-state index in [4.69, 9.17) is 14.2 Å². The SMILES string of the molecule is CC/C=C\C/C=C\C/C=C\C/C=C\C/C=C\CCCC(=O)OC[C@H](COC(=O)CCCC/C=C\C/C=C\C/C=C\CCCCC)OC(=O)CCCCCCC/C=C\CCCCCC. The van der Waals surface area contributed by atoms with Gasteiger partial charge >= 0.3 is 17.9 Å². The summed E-state index contributed by atoms with van der Waals surface area (Å²) in [6.07, 6.45) is 67.9. The van der Waals surface area contributed by atoms with Crippen LogP contribution in [0.3, 0.4) is 0 Å². The first-order chi connectivity index (χ1) is 31.0. The van der Waals surface area contributed by atoms with Crippen LogP contribution in [-0.4, -0.2) is 37.2 Å². The van der Waals surface area contributed by atoms with Gasteiger partial charge in [0, 0.05) is 19.3 Å². The molecule has 0 fully saturated rings. The Bertz CT molecular complexity index is 1330. The fourth-order valence-electron chi connectivity index (χ4n) is 6.42. The van der Waals surface area contributed by atoms with Gasteiger partial charge in [0.1, 0.15) is 13.2 Å². The van der Waals surface area contributed by atoms with Gasteiger partial charge in [0.05, 0.1) is 0 Å². The van der Waals surface area contributed by atoms with E-state index in [9.17, 15) is 14.4 Å². The predicted molar refractivity (Wildman–Crippen MR) is 270 cm³/mol. The van der Waals surface area contributed by atoms with Gasteiger partial charge in [0.15, 0.2) is 6.10 Å². The lowest BCUT2D eigenvalue weighted by Gasteiger charge is -2.18. The van der Waals surface area contributed by atoms with Crippen LogP contribution in [0.25, 0.3) is 0 Å². The summed E-state index contributed by atoms with van der Waals surface area (Å²) in [5, 5.41) is 0. The molecule has 356 valence electrons. The maximum atomic E-state index is 12.8. The van der Waals surface area contributed by atoms with Gasteiger partial charge in [0.25, 0.3) is 0 Å². The molecule has 6 nitrogen and oxygen atoms in total. The van der Waals surface area contributed by atoms with Crippen LogP contribution >= 0.6 is 0 Å². The van der Waals surface area contributed by atoms with E-state index >= 15 is 0 Å². The summed E-state index contributed by atoms with van der Waals surface area (Å²) in [6.45, 7) is 6.37. The van der Waals surface area contributed by atoms with Gasteiger partial charge in [-0.15, -0.1) is 0 Å². The number of unbranched alkanes of at least 4 members (excludes halogenated alkanes) is 15. The normalized spacial score (nSPS) is 13.0. The molecule has 0 aliphatic carbocycles. The van der Waals surface area contributed by atoms with E-state index < -0.39 is 6.10 Å². The maximum Gasteiger partial charge on any atom is 0.306 e. The van der Waals surface area contributed by atoms with Gasteiger partial charge in [-0.05, 0) is 122 Å². The maximum absolute atomic E-state index is 12.8. The molecule has 0 unspecified atom stereocenters. The number of hydrogen-bond acceptors (Lipinski definition) is 6. The van der Waals surface area contributed by atoms with Gasteiger partial charge in [-0.2, -0.15) is 0 Å². The summed E-state index contributed by atoms with van der Waals surface area (Å²) in [4.78, 5) is 37.9. The zero-order chi connectivity index (χ0) is 45.8. The average Bonchev–Trinajstić information content (AvgIpc) is 3.28. The molecule has 63 heavy (non-hydrogen) atoms. The van der Waals surface area contributed by atoms with E-state index in [1.165, 1.54) is 64.2 Å². The van der Waals surface area contributed by atoms with Crippen LogP contribution in [0.5, 0.6) is 0 Å². The topological polar surface area (TPSA) is 78.9 Å². The van der Waals surface area contributed by atoms with Gasteiger partial charge < -0.3 is 14.2 Å². The summed E-state index contributed by atoms with van der Waals surface area (Å²) in [5.41, 5.74) is 0. The van der Waals surface area contributed by atoms with E-state index in [0.29, 0.717) is 25.7 Å². The molecule has 0 N–H and O–H groups in total. The molecule has 0 radical (unpaired) electrons. The molecule has 0 saturated heterocycles. The number of hydrogen-bond donors (Lipinski definition) is 0. The van der Waals surface area contributed by atoms with Crippen molar-refractivity contribution in [2.75, 3.05) is 13.2 Å². The Labute approximate surface area is 387 Å². The second kappa shape index (κ2) is 50.7. The Hall–Kier alpha value is -3.93. The first-order valence-electron chi connectivity index (χ1n) is 25.4. The second-order valence-corrected chi connectivity index (χ2v) is 16.3. The molecular formula is C57H92O6. The van der Waals surface area contributed by atoms with Crippen LogP contribution in [0.4, 0.5) is 0 Å². The Morgan fingerprint density at radius 2 is 0.635 bits per heavy atom. The standard InChI is InChI=1S/C57H92O6/c1-4-7-10-13-16-19-22-25-27-28-30-33-35-38-41-44-47-50-56(59)62-53-54(63-57(60)51-48-45-42-39-36-31-24-21-18-15-12-9-6-3)52-61-55(58)49-46-43-40-37-34-32-29-26-23-20-17-14-11-8-5-2/h7,10,16-17,19-21,24-27,29-30,33-34,37-38,41,54H,4-6,8-9,11-15,18,22-23,28,31-32,35-36,39-40,42-53H2,1-3H3/b10-7-,19-16-,20-17-,24-21-,27-25-,29-26-,33-30-,37-34-,41-38-/t54-/m0/s1. The molecule has 0 aromatic rings. The van der Waals surface area contributed by atoms with E-state index in [1.807, 2.05) is 0 Å². The molecule has 0 saturated carbocycles. The Morgan fingerprint density at radius 1 is 0.333 bits per heavy atom. The fourth-order valence-corrected chi connectivity index (χ4v) is 6.42. The highest BCUT2D eigenvalue weighted by Crippen LogP contribution is 2.12. The molecule has 0 aliphatic heterocycles. The molecule has 1 atom stereocenters. The third kappa shape index (κ3) is 49.0. The van der Waals surface area contributed by atoms with Crippen LogP contribution in [0.1, 0.15) is 213 Å². The zero-order valence-corrected chi connectivity index (χ0v) is 40.5. The summed E-state index contributed by atoms with van der Waals surface area (Å²) < 4.78 is 16.7. The van der Waals surface area contributed by atoms with Crippen LogP contribution < -0.4 is 0 Å². The van der Waals surface area contributed by atoms with Crippen molar-refractivity contribution in [2.24, 2.45) is 0 Å². The molecule has 0 spiro atoms. The summed E-state index contributed by atoms with van der Waals surface area (Å²) in [5.74, 6) is -1.03. The Kier molecular flexibility index (Phi) is 47.5. The van der Waals surface area contributed by atoms with Crippen molar-refractivity contribution in [3.63, 3.8) is 0 Å². The number of carbonyl (C=O) groups is 3. The van der Waals surface area contributed by atoms with Crippen molar-refractivity contribution in [1.82, 2.24) is 0 Å². The molecule has 0 bridgehead atoms. The van der Waals surface area contributed by atoms with Crippen LogP contribution in [-0.2, 0) is 28.6 Å². The molecule has 0 aliphatic rings. The highest BCUT2D eigenvalue weighted by atomic mass is 16.6. The van der Waals surface area contributed by atoms with Crippen LogP contribution in [0.2, 0.25) is 0 Å². The number of carbonyl (C=O) groups excluding carboxylic acids is 3. The fraction of sp³-hybridized carbons (Fsp3) is 0.632. The van der Waals surface area contributed by atoms with Crippen LogP contribution in [0.15, 0.2) is 109 Å². The van der Waals surface area contributed by atoms with E-state index in [0.717, 1.165) is 96.3 Å². The molecule has 0 amide bonds. The number of rotatable bonds is 44. The van der Waals surface area contributed by atoms with Crippen molar-refractivity contribution in [3.05, 3.63) is 109 Å². The highest BCUT2D eigenvalue weighted by Gasteiger charge is 2.19. The molecule has 0 aromatic carbocycles. The lowest BCUT2D eigenvalue weighted by molar-refractivity contribution is -0.167. The average molecular weight is 873 g/mol. The minimum atomic E-state index is -0.822. The first kappa shape index (κ1) is 59.1. The number of ether oxygens (including phenoxy) is 3. The van der Waals surface area contributed by atoms with E-state index in [-0.39, 0.29) is 37.5 Å². The van der Waals surface area contributed by atoms with Gasteiger partial charge in [-0.3, -0.25) is 14.4 Å². The minimum Gasteiger partial charge on any atom is -0.462 e. The number of allylic oxidation sites excluding steroid dienone is 18. The van der Waals surface area contributed by atoms with E-state index in [1.54, 1.807) is 0 Å². The second-order valence-electron chi connectivity index (χ2n) is 16.3. The molecular weight excluding hydrogens is 781 g/mol. The lowest BCUT2D eigenvalue weighted by Crippen LogP contribution is -2.30. The van der Waals surface area contributed by atoms with E-state index in [2.05, 4.69) is 130 Å². The van der Waals surface area contributed by atoms with Gasteiger partial charge in [-0.1, -0.05) is 182 Å². The van der Waals surface area contributed by atoms with Crippen molar-refractivity contribution < 1.29 is 28.6 Å². The predicted octanol–water partition coefficient (Wildman–Crippen LogP) is 16.8. The first-order valence-corrected chi connectivity index (χ1v) is 25.4. The van der Waals surface area contributed by atoms with Crippen LogP contribution in [0, 0.1) is 0 Å². The smallest absolute Gasteiger partial charge is 0.306 e. The summed E-state index contributed by atoms with van der Waals surface area (Å²) >= 11 is 0. The zero-order valence-electron chi connectivity index (χ0n) is 40.5. The molecule has 6 heteroatoms. The monoisotopic (exact) mass is 873 g/mol. The molecule has 0 rings (SSSR count). The van der Waals surface area contributed by atoms with Gasteiger partial charge in [0.2, 0.25) is 0 Å². The van der Waals surface area contributed by atoms with Crippen molar-refractivity contribution in [2.45, 2.75) is 219 Å². The summed E-state index contributed by atoms with van der Waals surface area (Å²) in [6, 6.07) is 0.